The van der Waals surface area contributed by atoms with Crippen LogP contribution in [0.3, 0.4) is 0 Å². The molecular formula is C37H32N4O3. The number of amides is 1. The van der Waals surface area contributed by atoms with Crippen molar-refractivity contribution in [1.82, 2.24) is 19.7 Å². The van der Waals surface area contributed by atoms with Crippen LogP contribution in [-0.4, -0.2) is 59.0 Å². The van der Waals surface area contributed by atoms with E-state index in [0.29, 0.717) is 37.7 Å². The molecule has 44 heavy (non-hydrogen) atoms. The van der Waals surface area contributed by atoms with Gasteiger partial charge in [0.2, 0.25) is 5.88 Å². The SMILES string of the molecule is COc1cc(-c2cnn(C(c3ccccc3)(c3ccccc3)c3ccccc3)c2)c2cc(C(=O)N3CCOCC3)ccc2n1. The van der Waals surface area contributed by atoms with Crippen LogP contribution in [0.5, 0.6) is 5.88 Å². The smallest absolute Gasteiger partial charge is 0.254 e. The van der Waals surface area contributed by atoms with Crippen LogP contribution in [0.4, 0.5) is 0 Å². The molecule has 1 fully saturated rings. The van der Waals surface area contributed by atoms with Crippen molar-refractivity contribution in [3.05, 3.63) is 150 Å². The molecule has 2 aromatic heterocycles. The van der Waals surface area contributed by atoms with Gasteiger partial charge in [-0.15, -0.1) is 0 Å². The van der Waals surface area contributed by atoms with E-state index in [1.54, 1.807) is 7.11 Å². The fourth-order valence-corrected chi connectivity index (χ4v) is 6.21. The number of rotatable bonds is 7. The van der Waals surface area contributed by atoms with Crippen molar-refractivity contribution in [2.75, 3.05) is 33.4 Å². The van der Waals surface area contributed by atoms with Crippen LogP contribution in [0.15, 0.2) is 128 Å². The maximum absolute atomic E-state index is 13.4. The van der Waals surface area contributed by atoms with E-state index in [9.17, 15) is 4.79 Å². The molecule has 4 aromatic carbocycles. The van der Waals surface area contributed by atoms with Gasteiger partial charge in [0.25, 0.3) is 5.91 Å². The normalized spacial score (nSPS) is 13.6. The summed E-state index contributed by atoms with van der Waals surface area (Å²) in [5.41, 5.74) is 5.65. The van der Waals surface area contributed by atoms with Gasteiger partial charge in [-0.3, -0.25) is 9.48 Å². The highest BCUT2D eigenvalue weighted by atomic mass is 16.5. The fraction of sp³-hybridized carbons (Fsp3) is 0.162. The first kappa shape index (κ1) is 27.6. The number of methoxy groups -OCH3 is 1. The van der Waals surface area contributed by atoms with Gasteiger partial charge in [0.15, 0.2) is 0 Å². The average molecular weight is 581 g/mol. The molecule has 218 valence electrons. The molecule has 0 saturated carbocycles. The molecule has 0 unspecified atom stereocenters. The topological polar surface area (TPSA) is 69.5 Å². The lowest BCUT2D eigenvalue weighted by atomic mass is 9.77. The summed E-state index contributed by atoms with van der Waals surface area (Å²) in [6, 6.07) is 39.0. The summed E-state index contributed by atoms with van der Waals surface area (Å²) in [5, 5.41) is 5.91. The minimum absolute atomic E-state index is 0.0103. The minimum atomic E-state index is -0.744. The number of benzene rings is 4. The predicted octanol–water partition coefficient (Wildman–Crippen LogP) is 6.42. The van der Waals surface area contributed by atoms with Gasteiger partial charge in [-0.05, 0) is 40.5 Å². The van der Waals surface area contributed by atoms with E-state index in [1.807, 2.05) is 58.2 Å². The first-order chi connectivity index (χ1) is 21.7. The van der Waals surface area contributed by atoms with Gasteiger partial charge in [0.1, 0.15) is 5.54 Å². The molecule has 6 aromatic rings. The van der Waals surface area contributed by atoms with Crippen molar-refractivity contribution in [3.63, 3.8) is 0 Å². The summed E-state index contributed by atoms with van der Waals surface area (Å²) in [7, 11) is 1.61. The molecule has 0 radical (unpaired) electrons. The first-order valence-corrected chi connectivity index (χ1v) is 14.8. The van der Waals surface area contributed by atoms with Crippen LogP contribution < -0.4 is 4.74 Å². The van der Waals surface area contributed by atoms with Crippen LogP contribution in [0.1, 0.15) is 27.0 Å². The largest absolute Gasteiger partial charge is 0.481 e. The zero-order valence-electron chi connectivity index (χ0n) is 24.5. The molecule has 7 nitrogen and oxygen atoms in total. The Bertz CT molecular complexity index is 1800. The van der Waals surface area contributed by atoms with E-state index in [4.69, 9.17) is 19.6 Å². The number of fused-ring (bicyclic) bond motifs is 1. The zero-order valence-corrected chi connectivity index (χ0v) is 24.5. The van der Waals surface area contributed by atoms with Gasteiger partial charge in [0.05, 0.1) is 32.0 Å². The number of pyridine rings is 1. The highest BCUT2D eigenvalue weighted by Crippen LogP contribution is 2.42. The summed E-state index contributed by atoms with van der Waals surface area (Å²) in [4.78, 5) is 20.0. The number of morpholine rings is 1. The maximum atomic E-state index is 13.4. The van der Waals surface area contributed by atoms with Crippen molar-refractivity contribution in [2.24, 2.45) is 0 Å². The van der Waals surface area contributed by atoms with E-state index in [-0.39, 0.29) is 5.91 Å². The zero-order chi connectivity index (χ0) is 29.9. The lowest BCUT2D eigenvalue weighted by molar-refractivity contribution is 0.0303. The quantitative estimate of drug-likeness (QED) is 0.204. The Morgan fingerprint density at radius 3 is 1.95 bits per heavy atom. The van der Waals surface area contributed by atoms with E-state index in [1.165, 1.54) is 0 Å². The third kappa shape index (κ3) is 4.81. The van der Waals surface area contributed by atoms with E-state index >= 15 is 0 Å². The van der Waals surface area contributed by atoms with E-state index < -0.39 is 5.54 Å². The number of hydrogen-bond acceptors (Lipinski definition) is 5. The molecule has 0 N–H and O–H groups in total. The lowest BCUT2D eigenvalue weighted by Gasteiger charge is -2.36. The van der Waals surface area contributed by atoms with Crippen molar-refractivity contribution in [2.45, 2.75) is 5.54 Å². The average Bonchev–Trinajstić information content (AvgIpc) is 3.60. The summed E-state index contributed by atoms with van der Waals surface area (Å²) < 4.78 is 13.1. The summed E-state index contributed by atoms with van der Waals surface area (Å²) in [5.74, 6) is 0.483. The van der Waals surface area contributed by atoms with Crippen molar-refractivity contribution >= 4 is 16.8 Å². The standard InChI is InChI=1S/C37H32N4O3/c1-43-35-24-32(33-23-27(17-18-34(33)39-35)36(42)40-19-21-44-22-20-40)28-25-38-41(26-28)37(29-11-5-2-6-12-29,30-13-7-3-8-14-30)31-15-9-4-10-16-31/h2-18,23-26H,19-22H2,1H3. The highest BCUT2D eigenvalue weighted by Gasteiger charge is 2.39. The number of aromatic nitrogens is 3. The molecular weight excluding hydrogens is 548 g/mol. The predicted molar refractivity (Wildman–Crippen MR) is 171 cm³/mol. The highest BCUT2D eigenvalue weighted by molar-refractivity contribution is 6.02. The Kier molecular flexibility index (Phi) is 7.38. The fourth-order valence-electron chi connectivity index (χ4n) is 6.21. The molecule has 3 heterocycles. The van der Waals surface area contributed by atoms with Crippen LogP contribution in [0, 0.1) is 0 Å². The maximum Gasteiger partial charge on any atom is 0.254 e. The second-order valence-electron chi connectivity index (χ2n) is 10.8. The minimum Gasteiger partial charge on any atom is -0.481 e. The molecule has 1 aliphatic rings. The second kappa shape index (κ2) is 11.8. The summed E-state index contributed by atoms with van der Waals surface area (Å²) in [6.07, 6.45) is 3.96. The van der Waals surface area contributed by atoms with Crippen molar-refractivity contribution in [1.29, 1.82) is 0 Å². The van der Waals surface area contributed by atoms with Gasteiger partial charge in [-0.1, -0.05) is 91.0 Å². The number of ether oxygens (including phenoxy) is 2. The third-order valence-electron chi connectivity index (χ3n) is 8.35. The summed E-state index contributed by atoms with van der Waals surface area (Å²) in [6.45, 7) is 2.26. The first-order valence-electron chi connectivity index (χ1n) is 14.8. The van der Waals surface area contributed by atoms with E-state index in [2.05, 4.69) is 79.0 Å². The number of carbonyl (C=O) groups excluding carboxylic acids is 1. The van der Waals surface area contributed by atoms with E-state index in [0.717, 1.165) is 38.7 Å². The monoisotopic (exact) mass is 580 g/mol. The Balaban J connectivity index is 1.43. The van der Waals surface area contributed by atoms with Crippen LogP contribution in [0.25, 0.3) is 22.0 Å². The van der Waals surface area contributed by atoms with Gasteiger partial charge in [0, 0.05) is 41.9 Å². The van der Waals surface area contributed by atoms with Gasteiger partial charge in [-0.2, -0.15) is 5.10 Å². The Hall–Kier alpha value is -5.27. The van der Waals surface area contributed by atoms with Gasteiger partial charge in [-0.25, -0.2) is 4.98 Å². The number of hydrogen-bond donors (Lipinski definition) is 0. The van der Waals surface area contributed by atoms with Crippen LogP contribution in [-0.2, 0) is 10.3 Å². The number of carbonyl (C=O) groups is 1. The molecule has 0 aliphatic carbocycles. The van der Waals surface area contributed by atoms with Crippen molar-refractivity contribution < 1.29 is 14.3 Å². The number of nitrogens with zero attached hydrogens (tertiary/aromatic N) is 4. The molecule has 7 rings (SSSR count). The molecule has 7 heteroatoms. The molecule has 0 atom stereocenters. The molecule has 1 aliphatic heterocycles. The summed E-state index contributed by atoms with van der Waals surface area (Å²) >= 11 is 0. The Labute approximate surface area is 256 Å². The lowest BCUT2D eigenvalue weighted by Crippen LogP contribution is -2.40. The molecule has 1 amide bonds. The third-order valence-corrected chi connectivity index (χ3v) is 8.35. The van der Waals surface area contributed by atoms with Crippen LogP contribution in [0.2, 0.25) is 0 Å². The van der Waals surface area contributed by atoms with Crippen molar-refractivity contribution in [3.8, 4) is 17.0 Å². The Morgan fingerprint density at radius 1 is 0.795 bits per heavy atom. The van der Waals surface area contributed by atoms with Crippen LogP contribution >= 0.6 is 0 Å². The van der Waals surface area contributed by atoms with Gasteiger partial charge >= 0.3 is 0 Å². The Morgan fingerprint density at radius 2 is 1.39 bits per heavy atom. The van der Waals surface area contributed by atoms with Gasteiger partial charge < -0.3 is 14.4 Å². The molecule has 1 saturated heterocycles. The second-order valence-corrected chi connectivity index (χ2v) is 10.8. The molecule has 0 bridgehead atoms. The molecule has 0 spiro atoms.